The molecule has 28 heavy (non-hydrogen) atoms. The Morgan fingerprint density at radius 2 is 2.00 bits per heavy atom. The maximum atomic E-state index is 9.75. The molecular formula is C20H25Cl2N3O2S. The van der Waals surface area contributed by atoms with Crippen LogP contribution in [-0.2, 0) is 16.8 Å². The number of nitrogens with zero attached hydrogens (tertiary/aromatic N) is 1. The van der Waals surface area contributed by atoms with Gasteiger partial charge in [0.05, 0.1) is 17.6 Å². The largest absolute Gasteiger partial charge is 0.385 e. The number of benzene rings is 1. The Morgan fingerprint density at radius 3 is 2.75 bits per heavy atom. The summed E-state index contributed by atoms with van der Waals surface area (Å²) in [4.78, 5) is 10.4. The standard InChI is InChI=1S/C20H23N3O2S.2ClH/c1-12(24)19-22-15-3-2-13(10-16(15)23-19)17-11-14-4-9-25-20(18(14)26-17)5-7-21-8-6-20;;/h2-3,10-12,21,24H,4-9H2,1H3,(H,22,23);2*1H. The van der Waals surface area contributed by atoms with Gasteiger partial charge in [-0.3, -0.25) is 0 Å². The van der Waals surface area contributed by atoms with Crippen molar-refractivity contribution < 1.29 is 9.84 Å². The van der Waals surface area contributed by atoms with Gasteiger partial charge in [0.2, 0.25) is 0 Å². The summed E-state index contributed by atoms with van der Waals surface area (Å²) in [5.74, 6) is 0.615. The molecule has 3 aromatic rings. The molecule has 1 unspecified atom stereocenters. The molecule has 152 valence electrons. The molecule has 2 aliphatic rings. The number of H-pyrrole nitrogens is 1. The highest BCUT2D eigenvalue weighted by molar-refractivity contribution is 7.15. The molecule has 1 aromatic carbocycles. The quantitative estimate of drug-likeness (QED) is 0.552. The van der Waals surface area contributed by atoms with Crippen LogP contribution in [0.5, 0.6) is 0 Å². The molecule has 5 rings (SSSR count). The number of fused-ring (bicyclic) bond motifs is 3. The van der Waals surface area contributed by atoms with Crippen LogP contribution >= 0.6 is 36.2 Å². The highest BCUT2D eigenvalue weighted by Crippen LogP contribution is 2.46. The van der Waals surface area contributed by atoms with Crippen LogP contribution in [0.3, 0.4) is 0 Å². The zero-order valence-corrected chi connectivity index (χ0v) is 18.1. The third-order valence-electron chi connectivity index (χ3n) is 5.56. The number of rotatable bonds is 2. The van der Waals surface area contributed by atoms with E-state index in [1.807, 2.05) is 17.4 Å². The fourth-order valence-electron chi connectivity index (χ4n) is 4.15. The molecule has 0 saturated carbocycles. The number of imidazole rings is 1. The predicted octanol–water partition coefficient (Wildman–Crippen LogP) is 4.34. The third-order valence-corrected chi connectivity index (χ3v) is 6.98. The lowest BCUT2D eigenvalue weighted by Gasteiger charge is -2.40. The predicted molar refractivity (Wildman–Crippen MR) is 118 cm³/mol. The van der Waals surface area contributed by atoms with Crippen molar-refractivity contribution >= 4 is 47.2 Å². The van der Waals surface area contributed by atoms with Crippen LogP contribution in [0.2, 0.25) is 0 Å². The van der Waals surface area contributed by atoms with Crippen LogP contribution in [0, 0.1) is 0 Å². The van der Waals surface area contributed by atoms with E-state index < -0.39 is 6.10 Å². The van der Waals surface area contributed by atoms with E-state index in [4.69, 9.17) is 4.74 Å². The number of ether oxygens (including phenoxy) is 1. The topological polar surface area (TPSA) is 70.2 Å². The maximum absolute atomic E-state index is 9.75. The molecule has 2 aromatic heterocycles. The Labute approximate surface area is 180 Å². The number of aliphatic hydroxyl groups excluding tert-OH is 1. The van der Waals surface area contributed by atoms with Crippen LogP contribution in [0.25, 0.3) is 21.5 Å². The molecule has 4 heterocycles. The first kappa shape index (κ1) is 21.6. The molecule has 0 bridgehead atoms. The maximum Gasteiger partial charge on any atom is 0.135 e. The van der Waals surface area contributed by atoms with Gasteiger partial charge in [-0.15, -0.1) is 36.2 Å². The highest BCUT2D eigenvalue weighted by atomic mass is 35.5. The van der Waals surface area contributed by atoms with E-state index in [0.29, 0.717) is 5.82 Å². The van der Waals surface area contributed by atoms with Crippen molar-refractivity contribution in [2.45, 2.75) is 37.9 Å². The van der Waals surface area contributed by atoms with Crippen LogP contribution in [0.4, 0.5) is 0 Å². The number of nitrogens with one attached hydrogen (secondary N) is 2. The summed E-state index contributed by atoms with van der Waals surface area (Å²) in [5, 5.41) is 13.2. The molecule has 1 atom stereocenters. The summed E-state index contributed by atoms with van der Waals surface area (Å²) in [6.45, 7) is 4.59. The molecule has 0 radical (unpaired) electrons. The molecule has 1 saturated heterocycles. The fraction of sp³-hybridized carbons (Fsp3) is 0.450. The van der Waals surface area contributed by atoms with Gasteiger partial charge in [0, 0.05) is 9.75 Å². The molecule has 5 nitrogen and oxygen atoms in total. The summed E-state index contributed by atoms with van der Waals surface area (Å²) in [5.41, 5.74) is 4.43. The Kier molecular flexibility index (Phi) is 6.39. The van der Waals surface area contributed by atoms with Crippen LogP contribution in [0.1, 0.15) is 42.1 Å². The Bertz CT molecular complexity index is 964. The lowest BCUT2D eigenvalue weighted by Crippen LogP contribution is -2.43. The van der Waals surface area contributed by atoms with E-state index in [1.54, 1.807) is 6.92 Å². The van der Waals surface area contributed by atoms with Crippen molar-refractivity contribution in [2.24, 2.45) is 0 Å². The van der Waals surface area contributed by atoms with Gasteiger partial charge in [-0.05, 0) is 68.6 Å². The van der Waals surface area contributed by atoms with E-state index in [1.165, 1.54) is 20.9 Å². The van der Waals surface area contributed by atoms with Gasteiger partial charge in [0.1, 0.15) is 17.5 Å². The first-order valence-corrected chi connectivity index (χ1v) is 10.1. The van der Waals surface area contributed by atoms with Crippen molar-refractivity contribution in [2.75, 3.05) is 19.7 Å². The minimum Gasteiger partial charge on any atom is -0.385 e. The van der Waals surface area contributed by atoms with Gasteiger partial charge in [-0.2, -0.15) is 0 Å². The first-order chi connectivity index (χ1) is 12.6. The second-order valence-electron chi connectivity index (χ2n) is 7.34. The molecule has 8 heteroatoms. The average Bonchev–Trinajstić information content (AvgIpc) is 3.27. The average molecular weight is 442 g/mol. The number of piperidine rings is 1. The van der Waals surface area contributed by atoms with E-state index in [-0.39, 0.29) is 30.4 Å². The molecule has 2 aliphatic heterocycles. The van der Waals surface area contributed by atoms with Crippen LogP contribution < -0.4 is 5.32 Å². The van der Waals surface area contributed by atoms with Crippen molar-refractivity contribution in [1.82, 2.24) is 15.3 Å². The summed E-state index contributed by atoms with van der Waals surface area (Å²) in [6, 6.07) is 8.64. The molecule has 0 amide bonds. The number of aromatic amines is 1. The first-order valence-electron chi connectivity index (χ1n) is 9.31. The van der Waals surface area contributed by atoms with Crippen molar-refractivity contribution in [3.8, 4) is 10.4 Å². The lowest BCUT2D eigenvalue weighted by molar-refractivity contribution is -0.0771. The second-order valence-corrected chi connectivity index (χ2v) is 8.39. The van der Waals surface area contributed by atoms with Gasteiger partial charge in [-0.25, -0.2) is 4.98 Å². The molecule has 3 N–H and O–H groups in total. The SMILES string of the molecule is CC(O)c1nc2ccc(-c3cc4c(s3)C3(CCNCC3)OCC4)cc2[nH]1.Cl.Cl. The smallest absolute Gasteiger partial charge is 0.135 e. The number of halogens is 2. The lowest BCUT2D eigenvalue weighted by atomic mass is 9.86. The zero-order valence-electron chi connectivity index (χ0n) is 15.7. The number of hydrogen-bond acceptors (Lipinski definition) is 5. The van der Waals surface area contributed by atoms with E-state index >= 15 is 0 Å². The van der Waals surface area contributed by atoms with Crippen molar-refractivity contribution in [1.29, 1.82) is 0 Å². The Morgan fingerprint density at radius 1 is 1.21 bits per heavy atom. The molecule has 0 aliphatic carbocycles. The Hall–Kier alpha value is -1.15. The number of thiophene rings is 1. The zero-order chi connectivity index (χ0) is 17.7. The van der Waals surface area contributed by atoms with E-state index in [0.717, 1.165) is 50.0 Å². The van der Waals surface area contributed by atoms with Gasteiger partial charge >= 0.3 is 0 Å². The van der Waals surface area contributed by atoms with Gasteiger partial charge < -0.3 is 20.1 Å². The van der Waals surface area contributed by atoms with Crippen LogP contribution in [0.15, 0.2) is 24.3 Å². The number of aliphatic hydroxyl groups is 1. The summed E-state index contributed by atoms with van der Waals surface area (Å²) in [7, 11) is 0. The van der Waals surface area contributed by atoms with Crippen molar-refractivity contribution in [3.63, 3.8) is 0 Å². The highest BCUT2D eigenvalue weighted by Gasteiger charge is 2.40. The molecule has 1 fully saturated rings. The molecular weight excluding hydrogens is 417 g/mol. The fourth-order valence-corrected chi connectivity index (χ4v) is 5.55. The van der Waals surface area contributed by atoms with Gasteiger partial charge in [0.15, 0.2) is 0 Å². The van der Waals surface area contributed by atoms with E-state index in [9.17, 15) is 5.11 Å². The summed E-state index contributed by atoms with van der Waals surface area (Å²) in [6.07, 6.45) is 2.52. The third kappa shape index (κ3) is 3.58. The van der Waals surface area contributed by atoms with Crippen LogP contribution in [-0.4, -0.2) is 34.8 Å². The van der Waals surface area contributed by atoms with Gasteiger partial charge in [0.25, 0.3) is 0 Å². The summed E-state index contributed by atoms with van der Waals surface area (Å²) < 4.78 is 6.31. The van der Waals surface area contributed by atoms with Gasteiger partial charge in [-0.1, -0.05) is 6.07 Å². The second kappa shape index (κ2) is 8.30. The van der Waals surface area contributed by atoms with E-state index in [2.05, 4.69) is 33.5 Å². The normalized spacial score (nSPS) is 18.9. The monoisotopic (exact) mass is 441 g/mol. The summed E-state index contributed by atoms with van der Waals surface area (Å²) >= 11 is 1.88. The number of hydrogen-bond donors (Lipinski definition) is 3. The molecule has 1 spiro atoms. The minimum absolute atomic E-state index is 0. The minimum atomic E-state index is -0.586. The van der Waals surface area contributed by atoms with Crippen molar-refractivity contribution in [3.05, 3.63) is 40.5 Å². The number of aromatic nitrogens is 2. The Balaban J connectivity index is 0.00000112.